The minimum absolute atomic E-state index is 0.247. The number of amides is 1. The first-order valence-corrected chi connectivity index (χ1v) is 7.56. The van der Waals surface area contributed by atoms with Gasteiger partial charge in [-0.25, -0.2) is 4.99 Å². The second-order valence-electron chi connectivity index (χ2n) is 5.53. The lowest BCUT2D eigenvalue weighted by Crippen LogP contribution is -2.38. The molecule has 0 saturated carbocycles. The van der Waals surface area contributed by atoms with Crippen molar-refractivity contribution >= 4 is 17.8 Å². The molecule has 3 heterocycles. The van der Waals surface area contributed by atoms with E-state index in [2.05, 4.69) is 20.6 Å². The fourth-order valence-corrected chi connectivity index (χ4v) is 2.52. The summed E-state index contributed by atoms with van der Waals surface area (Å²) in [4.78, 5) is 23.1. The van der Waals surface area contributed by atoms with Gasteiger partial charge in [0.05, 0.1) is 12.3 Å². The molecule has 4 N–H and O–H groups in total. The van der Waals surface area contributed by atoms with Gasteiger partial charge in [0.15, 0.2) is 5.70 Å². The summed E-state index contributed by atoms with van der Waals surface area (Å²) in [6.45, 7) is 1.26. The Kier molecular flexibility index (Phi) is 4.27. The van der Waals surface area contributed by atoms with E-state index in [9.17, 15) is 4.79 Å². The molecule has 0 radical (unpaired) electrons. The third-order valence-corrected chi connectivity index (χ3v) is 3.83. The Labute approximate surface area is 135 Å². The lowest BCUT2D eigenvalue weighted by molar-refractivity contribution is -0.117. The predicted molar refractivity (Wildman–Crippen MR) is 90.5 cm³/mol. The molecule has 23 heavy (non-hydrogen) atoms. The van der Waals surface area contributed by atoms with Crippen LogP contribution in [0, 0.1) is 0 Å². The second-order valence-corrected chi connectivity index (χ2v) is 5.53. The first-order valence-electron chi connectivity index (χ1n) is 7.56. The number of hydrogen-bond donors (Lipinski definition) is 3. The van der Waals surface area contributed by atoms with E-state index in [0.29, 0.717) is 18.9 Å². The van der Waals surface area contributed by atoms with Gasteiger partial charge in [-0.3, -0.25) is 9.79 Å². The molecule has 3 rings (SSSR count). The molecule has 0 aromatic rings. The maximum absolute atomic E-state index is 12.5. The van der Waals surface area contributed by atoms with Crippen molar-refractivity contribution in [3.05, 3.63) is 47.3 Å². The smallest absolute Gasteiger partial charge is 0.278 e. The normalized spacial score (nSPS) is 20.6. The first kappa shape index (κ1) is 15.1. The molecule has 0 spiro atoms. The van der Waals surface area contributed by atoms with Gasteiger partial charge < -0.3 is 21.3 Å². The molecular formula is C16H20N6O. The zero-order valence-electron chi connectivity index (χ0n) is 13.0. The third-order valence-electron chi connectivity index (χ3n) is 3.83. The molecule has 0 unspecified atom stereocenters. The molecule has 3 aliphatic rings. The number of nitrogens with two attached hydrogens (primary N) is 1. The number of nitrogens with one attached hydrogen (secondary N) is 2. The fraction of sp³-hybridized carbons (Fsp3) is 0.312. The molecule has 0 bridgehead atoms. The van der Waals surface area contributed by atoms with Gasteiger partial charge in [-0.2, -0.15) is 0 Å². The standard InChI is InChI=1S/C16H20N6O/c1-22-10-13(11-3-2-6-19-9-11)21-14(15(22)17)16(23)20-12-4-7-18-8-5-12/h4-7,9,18H,2-3,8,10,17H2,1H3,(H,20,23). The van der Waals surface area contributed by atoms with Crippen molar-refractivity contribution in [3.63, 3.8) is 0 Å². The Balaban J connectivity index is 1.84. The van der Waals surface area contributed by atoms with E-state index in [4.69, 9.17) is 5.73 Å². The molecule has 0 aromatic carbocycles. The summed E-state index contributed by atoms with van der Waals surface area (Å²) < 4.78 is 0. The number of rotatable bonds is 3. The van der Waals surface area contributed by atoms with Crippen LogP contribution in [0.25, 0.3) is 0 Å². The van der Waals surface area contributed by atoms with Crippen LogP contribution in [0.3, 0.4) is 0 Å². The van der Waals surface area contributed by atoms with E-state index in [1.807, 2.05) is 30.4 Å². The van der Waals surface area contributed by atoms with Gasteiger partial charge in [-0.1, -0.05) is 0 Å². The number of carbonyl (C=O) groups excluding carboxylic acids is 1. The van der Waals surface area contributed by atoms with Crippen LogP contribution in [0.2, 0.25) is 0 Å². The Morgan fingerprint density at radius 3 is 3.04 bits per heavy atom. The Hall–Kier alpha value is -2.83. The first-order chi connectivity index (χ1) is 11.1. The van der Waals surface area contributed by atoms with Crippen LogP contribution in [-0.2, 0) is 4.79 Å². The summed E-state index contributed by atoms with van der Waals surface area (Å²) in [5, 5.41) is 5.87. The highest BCUT2D eigenvalue weighted by atomic mass is 16.2. The van der Waals surface area contributed by atoms with E-state index >= 15 is 0 Å². The van der Waals surface area contributed by atoms with Gasteiger partial charge in [0, 0.05) is 31.7 Å². The van der Waals surface area contributed by atoms with Crippen molar-refractivity contribution in [2.24, 2.45) is 15.7 Å². The predicted octanol–water partition coefficient (Wildman–Crippen LogP) is 0.366. The summed E-state index contributed by atoms with van der Waals surface area (Å²) in [7, 11) is 1.85. The number of carbonyl (C=O) groups is 1. The van der Waals surface area contributed by atoms with Crippen LogP contribution < -0.4 is 16.4 Å². The lowest BCUT2D eigenvalue weighted by Gasteiger charge is -2.27. The molecule has 0 atom stereocenters. The van der Waals surface area contributed by atoms with Gasteiger partial charge in [-0.15, -0.1) is 0 Å². The van der Waals surface area contributed by atoms with Crippen molar-refractivity contribution in [3.8, 4) is 0 Å². The van der Waals surface area contributed by atoms with Crippen LogP contribution in [0.5, 0.6) is 0 Å². The highest BCUT2D eigenvalue weighted by Crippen LogP contribution is 2.20. The maximum atomic E-state index is 12.5. The fourth-order valence-electron chi connectivity index (χ4n) is 2.52. The molecule has 120 valence electrons. The highest BCUT2D eigenvalue weighted by molar-refractivity contribution is 6.07. The van der Waals surface area contributed by atoms with Crippen LogP contribution >= 0.6 is 0 Å². The average Bonchev–Trinajstić information content (AvgIpc) is 2.58. The third kappa shape index (κ3) is 3.33. The number of hydrogen-bond acceptors (Lipinski definition) is 6. The van der Waals surface area contributed by atoms with Crippen molar-refractivity contribution in [1.29, 1.82) is 0 Å². The molecule has 0 aromatic heterocycles. The van der Waals surface area contributed by atoms with Gasteiger partial charge in [0.2, 0.25) is 0 Å². The molecular weight excluding hydrogens is 292 g/mol. The van der Waals surface area contributed by atoms with Crippen LogP contribution in [0.15, 0.2) is 57.3 Å². The van der Waals surface area contributed by atoms with E-state index in [1.165, 1.54) is 0 Å². The van der Waals surface area contributed by atoms with Crippen LogP contribution in [0.4, 0.5) is 0 Å². The Morgan fingerprint density at radius 2 is 2.35 bits per heavy atom. The molecule has 1 amide bonds. The quantitative estimate of drug-likeness (QED) is 0.701. The second kappa shape index (κ2) is 6.51. The zero-order chi connectivity index (χ0) is 16.2. The van der Waals surface area contributed by atoms with Crippen LogP contribution in [0.1, 0.15) is 12.8 Å². The number of nitrogens with zero attached hydrogens (tertiary/aromatic N) is 3. The summed E-state index contributed by atoms with van der Waals surface area (Å²) in [6, 6.07) is 0. The summed E-state index contributed by atoms with van der Waals surface area (Å²) in [5.74, 6) is 0.0777. The largest absolute Gasteiger partial charge is 0.387 e. The number of allylic oxidation sites excluding steroid dienone is 1. The maximum Gasteiger partial charge on any atom is 0.278 e. The summed E-state index contributed by atoms with van der Waals surface area (Å²) >= 11 is 0. The van der Waals surface area contributed by atoms with E-state index in [0.717, 1.165) is 29.8 Å². The molecule has 0 aliphatic carbocycles. The highest BCUT2D eigenvalue weighted by Gasteiger charge is 2.24. The SMILES string of the molecule is CN1CC(C2=CN=CCC2)=NC(C(=O)NC2=CCNC=C2)=C1N. The number of aliphatic imine (C=N–C) groups is 2. The number of dihydropyridines is 1. The van der Waals surface area contributed by atoms with Crippen molar-refractivity contribution in [1.82, 2.24) is 15.5 Å². The molecule has 7 heteroatoms. The van der Waals surface area contributed by atoms with E-state index < -0.39 is 0 Å². The molecule has 0 saturated heterocycles. The van der Waals surface area contributed by atoms with E-state index in [1.54, 1.807) is 12.3 Å². The minimum Gasteiger partial charge on any atom is -0.387 e. The molecule has 7 nitrogen and oxygen atoms in total. The van der Waals surface area contributed by atoms with Crippen molar-refractivity contribution < 1.29 is 4.79 Å². The summed E-state index contributed by atoms with van der Waals surface area (Å²) in [6.07, 6.45) is 10.9. The van der Waals surface area contributed by atoms with Gasteiger partial charge in [0.25, 0.3) is 5.91 Å². The van der Waals surface area contributed by atoms with Gasteiger partial charge in [-0.05, 0) is 36.8 Å². The topological polar surface area (TPSA) is 95.1 Å². The van der Waals surface area contributed by atoms with Gasteiger partial charge in [0.1, 0.15) is 5.82 Å². The Morgan fingerprint density at radius 1 is 1.48 bits per heavy atom. The van der Waals surface area contributed by atoms with Gasteiger partial charge >= 0.3 is 0 Å². The lowest BCUT2D eigenvalue weighted by atomic mass is 10.0. The van der Waals surface area contributed by atoms with Crippen molar-refractivity contribution in [2.45, 2.75) is 12.8 Å². The molecule has 3 aliphatic heterocycles. The van der Waals surface area contributed by atoms with Crippen molar-refractivity contribution in [2.75, 3.05) is 20.1 Å². The zero-order valence-corrected chi connectivity index (χ0v) is 13.0. The van der Waals surface area contributed by atoms with Crippen LogP contribution in [-0.4, -0.2) is 42.9 Å². The monoisotopic (exact) mass is 312 g/mol. The Bertz CT molecular complexity index is 695. The molecule has 0 fully saturated rings. The summed E-state index contributed by atoms with van der Waals surface area (Å²) in [5.41, 5.74) is 8.94. The average molecular weight is 312 g/mol. The minimum atomic E-state index is -0.302. The van der Waals surface area contributed by atoms with E-state index in [-0.39, 0.29) is 11.6 Å².